The molecule has 1 unspecified atom stereocenters. The van der Waals surface area contributed by atoms with Gasteiger partial charge in [0.2, 0.25) is 0 Å². The van der Waals surface area contributed by atoms with Gasteiger partial charge in [-0.05, 0) is 45.2 Å². The van der Waals surface area contributed by atoms with Crippen molar-refractivity contribution in [1.29, 1.82) is 0 Å². The van der Waals surface area contributed by atoms with Crippen molar-refractivity contribution < 1.29 is 4.74 Å². The minimum Gasteiger partial charge on any atom is -0.381 e. The second kappa shape index (κ2) is 5.82. The van der Waals surface area contributed by atoms with Gasteiger partial charge in [0.15, 0.2) is 0 Å². The number of ether oxygens (including phenoxy) is 1. The fourth-order valence-corrected chi connectivity index (χ4v) is 2.69. The Balaban J connectivity index is 2.10. The maximum Gasteiger partial charge on any atom is 0.0538 e. The van der Waals surface area contributed by atoms with Crippen LogP contribution in [0.3, 0.4) is 0 Å². The Hall–Kier alpha value is -0.570. The molecule has 0 amide bonds. The van der Waals surface area contributed by atoms with Crippen molar-refractivity contribution in [3.8, 4) is 0 Å². The molecule has 1 fully saturated rings. The molecule has 1 aromatic rings. The summed E-state index contributed by atoms with van der Waals surface area (Å²) in [5.41, 5.74) is 1.54. The molecule has 0 spiro atoms. The molecule has 0 radical (unpaired) electrons. The maximum absolute atomic E-state index is 6.29. The van der Waals surface area contributed by atoms with Crippen LogP contribution in [0.15, 0.2) is 24.3 Å². The standard InChI is InChI=1S/C16H24ClNO/c1-15(2,3)18-11-16(8-9-19-12-16)10-13-6-4-5-7-14(13)17/h4-7,18H,8-12H2,1-3H3. The molecule has 1 heterocycles. The molecule has 0 saturated carbocycles. The molecule has 106 valence electrons. The predicted octanol–water partition coefficient (Wildman–Crippen LogP) is 3.68. The van der Waals surface area contributed by atoms with E-state index in [9.17, 15) is 0 Å². The summed E-state index contributed by atoms with van der Waals surface area (Å²) in [6.45, 7) is 9.25. The average molecular weight is 282 g/mol. The third-order valence-electron chi connectivity index (χ3n) is 3.70. The van der Waals surface area contributed by atoms with E-state index in [-0.39, 0.29) is 11.0 Å². The topological polar surface area (TPSA) is 21.3 Å². The van der Waals surface area contributed by atoms with E-state index in [2.05, 4.69) is 38.2 Å². The molecule has 1 atom stereocenters. The third-order valence-corrected chi connectivity index (χ3v) is 4.07. The summed E-state index contributed by atoms with van der Waals surface area (Å²) in [6.07, 6.45) is 2.08. The zero-order valence-corrected chi connectivity index (χ0v) is 12.9. The van der Waals surface area contributed by atoms with E-state index in [1.807, 2.05) is 12.1 Å². The lowest BCUT2D eigenvalue weighted by atomic mass is 9.80. The fourth-order valence-electron chi connectivity index (χ4n) is 2.49. The number of hydrogen-bond acceptors (Lipinski definition) is 2. The normalized spacial score (nSPS) is 23.8. The third kappa shape index (κ3) is 4.20. The smallest absolute Gasteiger partial charge is 0.0538 e. The first-order valence-corrected chi connectivity index (χ1v) is 7.34. The maximum atomic E-state index is 6.29. The summed E-state index contributed by atoms with van der Waals surface area (Å²) in [4.78, 5) is 0. The highest BCUT2D eigenvalue weighted by molar-refractivity contribution is 6.31. The number of nitrogens with one attached hydrogen (secondary N) is 1. The Labute approximate surface area is 121 Å². The number of benzene rings is 1. The van der Waals surface area contributed by atoms with Crippen molar-refractivity contribution in [2.24, 2.45) is 5.41 Å². The molecule has 0 bridgehead atoms. The van der Waals surface area contributed by atoms with Gasteiger partial charge in [-0.15, -0.1) is 0 Å². The van der Waals surface area contributed by atoms with Crippen molar-refractivity contribution in [1.82, 2.24) is 5.32 Å². The van der Waals surface area contributed by atoms with Crippen LogP contribution in [0.25, 0.3) is 0 Å². The van der Waals surface area contributed by atoms with Gasteiger partial charge in [-0.25, -0.2) is 0 Å². The summed E-state index contributed by atoms with van der Waals surface area (Å²) in [5, 5.41) is 4.49. The van der Waals surface area contributed by atoms with Gasteiger partial charge in [0, 0.05) is 29.1 Å². The second-order valence-electron chi connectivity index (χ2n) is 6.67. The highest BCUT2D eigenvalue weighted by Gasteiger charge is 2.36. The number of hydrogen-bond donors (Lipinski definition) is 1. The van der Waals surface area contributed by atoms with Crippen LogP contribution in [0.5, 0.6) is 0 Å². The van der Waals surface area contributed by atoms with Crippen molar-refractivity contribution in [2.45, 2.75) is 39.2 Å². The largest absolute Gasteiger partial charge is 0.381 e. The zero-order valence-electron chi connectivity index (χ0n) is 12.1. The lowest BCUT2D eigenvalue weighted by Gasteiger charge is -2.32. The molecular weight excluding hydrogens is 258 g/mol. The Morgan fingerprint density at radius 1 is 1.32 bits per heavy atom. The first-order chi connectivity index (χ1) is 8.90. The highest BCUT2D eigenvalue weighted by atomic mass is 35.5. The van der Waals surface area contributed by atoms with Gasteiger partial charge in [0.05, 0.1) is 6.61 Å². The molecule has 2 nitrogen and oxygen atoms in total. The summed E-state index contributed by atoms with van der Waals surface area (Å²) in [6, 6.07) is 8.13. The van der Waals surface area contributed by atoms with Gasteiger partial charge in [0.1, 0.15) is 0 Å². The minimum atomic E-state index is 0.135. The van der Waals surface area contributed by atoms with Gasteiger partial charge < -0.3 is 10.1 Å². The number of rotatable bonds is 4. The van der Waals surface area contributed by atoms with Crippen LogP contribution < -0.4 is 5.32 Å². The zero-order chi connectivity index (χ0) is 13.9. The Bertz CT molecular complexity index is 419. The molecule has 1 N–H and O–H groups in total. The summed E-state index contributed by atoms with van der Waals surface area (Å²) in [5.74, 6) is 0. The first-order valence-electron chi connectivity index (χ1n) is 6.97. The van der Waals surface area contributed by atoms with Crippen LogP contribution in [0.2, 0.25) is 5.02 Å². The molecule has 1 aliphatic heterocycles. The molecule has 2 rings (SSSR count). The molecule has 0 aliphatic carbocycles. The lowest BCUT2D eigenvalue weighted by Crippen LogP contribution is -2.45. The molecule has 0 aromatic heterocycles. The molecule has 1 saturated heterocycles. The predicted molar refractivity (Wildman–Crippen MR) is 80.8 cm³/mol. The van der Waals surface area contributed by atoms with Crippen molar-refractivity contribution in [2.75, 3.05) is 19.8 Å². The minimum absolute atomic E-state index is 0.135. The fraction of sp³-hybridized carbons (Fsp3) is 0.625. The van der Waals surface area contributed by atoms with E-state index in [1.54, 1.807) is 0 Å². The van der Waals surface area contributed by atoms with Gasteiger partial charge in [-0.3, -0.25) is 0 Å². The molecule has 3 heteroatoms. The van der Waals surface area contributed by atoms with E-state index < -0.39 is 0 Å². The van der Waals surface area contributed by atoms with Crippen LogP contribution in [0.4, 0.5) is 0 Å². The van der Waals surface area contributed by atoms with Crippen molar-refractivity contribution >= 4 is 11.6 Å². The molecule has 1 aliphatic rings. The van der Waals surface area contributed by atoms with Crippen LogP contribution in [0, 0.1) is 5.41 Å². The highest BCUT2D eigenvalue weighted by Crippen LogP contribution is 2.34. The monoisotopic (exact) mass is 281 g/mol. The Morgan fingerprint density at radius 2 is 2.05 bits per heavy atom. The van der Waals surface area contributed by atoms with E-state index in [0.717, 1.165) is 37.6 Å². The van der Waals surface area contributed by atoms with Crippen molar-refractivity contribution in [3.63, 3.8) is 0 Å². The van der Waals surface area contributed by atoms with Crippen LogP contribution in [-0.2, 0) is 11.2 Å². The number of halogens is 1. The van der Waals surface area contributed by atoms with E-state index in [4.69, 9.17) is 16.3 Å². The summed E-state index contributed by atoms with van der Waals surface area (Å²) >= 11 is 6.29. The quantitative estimate of drug-likeness (QED) is 0.909. The van der Waals surface area contributed by atoms with E-state index >= 15 is 0 Å². The second-order valence-corrected chi connectivity index (χ2v) is 7.08. The van der Waals surface area contributed by atoms with Crippen LogP contribution >= 0.6 is 11.6 Å². The Kier molecular flexibility index (Phi) is 4.54. The van der Waals surface area contributed by atoms with Gasteiger partial charge in [0.25, 0.3) is 0 Å². The lowest BCUT2D eigenvalue weighted by molar-refractivity contribution is 0.144. The SMILES string of the molecule is CC(C)(C)NCC1(Cc2ccccc2Cl)CCOC1. The van der Waals surface area contributed by atoms with Crippen LogP contribution in [-0.4, -0.2) is 25.3 Å². The summed E-state index contributed by atoms with van der Waals surface area (Å²) in [7, 11) is 0. The first kappa shape index (κ1) is 14.8. The van der Waals surface area contributed by atoms with Crippen LogP contribution in [0.1, 0.15) is 32.8 Å². The van der Waals surface area contributed by atoms with Gasteiger partial charge >= 0.3 is 0 Å². The molecule has 1 aromatic carbocycles. The Morgan fingerprint density at radius 3 is 2.63 bits per heavy atom. The molecule has 19 heavy (non-hydrogen) atoms. The van der Waals surface area contributed by atoms with E-state index in [1.165, 1.54) is 5.56 Å². The van der Waals surface area contributed by atoms with Crippen molar-refractivity contribution in [3.05, 3.63) is 34.9 Å². The van der Waals surface area contributed by atoms with E-state index in [0.29, 0.717) is 0 Å². The summed E-state index contributed by atoms with van der Waals surface area (Å²) < 4.78 is 5.65. The van der Waals surface area contributed by atoms with Gasteiger partial charge in [-0.2, -0.15) is 0 Å². The average Bonchev–Trinajstić information content (AvgIpc) is 2.78. The van der Waals surface area contributed by atoms with Gasteiger partial charge in [-0.1, -0.05) is 29.8 Å². The molecular formula is C16H24ClNO.